The molecule has 1 heterocycles. The van der Waals surface area contributed by atoms with E-state index in [1.807, 2.05) is 48.5 Å². The lowest BCUT2D eigenvalue weighted by molar-refractivity contribution is 0.141. The zero-order valence-electron chi connectivity index (χ0n) is 12.6. The number of alkyl carbamates (subject to hydrolysis) is 1. The molecule has 0 bridgehead atoms. The number of benzene rings is 2. The Morgan fingerprint density at radius 2 is 2.08 bits per heavy atom. The van der Waals surface area contributed by atoms with Gasteiger partial charge in [0, 0.05) is 5.56 Å². The average Bonchev–Trinajstić information content (AvgIpc) is 2.97. The summed E-state index contributed by atoms with van der Waals surface area (Å²) in [5.41, 5.74) is 2.65. The number of hydrogen-bond acceptors (Lipinski definition) is 4. The molecule has 1 N–H and O–H groups in total. The Morgan fingerprint density at radius 3 is 2.92 bits per heavy atom. The molecule has 120 valence electrons. The highest BCUT2D eigenvalue weighted by molar-refractivity contribution is 7.22. The van der Waals surface area contributed by atoms with E-state index in [0.29, 0.717) is 4.47 Å². The molecule has 0 radical (unpaired) electrons. The number of hydrogen-bond donors (Lipinski definition) is 1. The molecule has 0 atom stereocenters. The topological polar surface area (TPSA) is 51.2 Å². The van der Waals surface area contributed by atoms with Crippen LogP contribution in [0.25, 0.3) is 10.2 Å². The lowest BCUT2D eigenvalue weighted by Crippen LogP contribution is -2.24. The predicted molar refractivity (Wildman–Crippen MR) is 96.1 cm³/mol. The molecule has 24 heavy (non-hydrogen) atoms. The van der Waals surface area contributed by atoms with Gasteiger partial charge in [-0.15, -0.1) is 11.3 Å². The van der Waals surface area contributed by atoms with Gasteiger partial charge in [-0.3, -0.25) is 0 Å². The van der Waals surface area contributed by atoms with Gasteiger partial charge in [-0.1, -0.05) is 53.8 Å². The van der Waals surface area contributed by atoms with Crippen LogP contribution in [-0.2, 0) is 11.3 Å². The van der Waals surface area contributed by atoms with Crippen molar-refractivity contribution in [1.82, 2.24) is 10.3 Å². The van der Waals surface area contributed by atoms with Crippen LogP contribution in [0.15, 0.2) is 48.5 Å². The summed E-state index contributed by atoms with van der Waals surface area (Å²) < 4.78 is 6.60. The van der Waals surface area contributed by atoms with Crippen molar-refractivity contribution in [3.8, 4) is 11.8 Å². The smallest absolute Gasteiger partial charge is 0.408 e. The third kappa shape index (κ3) is 4.48. The van der Waals surface area contributed by atoms with Crippen LogP contribution in [0.5, 0.6) is 0 Å². The van der Waals surface area contributed by atoms with Gasteiger partial charge in [-0.05, 0) is 23.8 Å². The molecule has 6 heteroatoms. The van der Waals surface area contributed by atoms with Crippen LogP contribution in [0.4, 0.5) is 4.79 Å². The summed E-state index contributed by atoms with van der Waals surface area (Å²) in [6.45, 7) is 0.456. The molecule has 1 amide bonds. The number of rotatable bonds is 3. The second kappa shape index (κ2) is 7.82. The van der Waals surface area contributed by atoms with Gasteiger partial charge in [0.2, 0.25) is 0 Å². The standard InChI is InChI=1S/C18H13ClN2O2S/c19-17-21-15-9-8-13(11-16(15)24-17)7-4-10-20-18(22)23-12-14-5-2-1-3-6-14/h1-3,5-6,8-9,11H,10,12H2,(H,20,22). The average molecular weight is 357 g/mol. The van der Waals surface area contributed by atoms with Crippen molar-refractivity contribution in [2.24, 2.45) is 0 Å². The van der Waals surface area contributed by atoms with Crippen molar-refractivity contribution in [3.05, 3.63) is 64.1 Å². The van der Waals surface area contributed by atoms with Gasteiger partial charge in [0.25, 0.3) is 0 Å². The number of carbonyl (C=O) groups excluding carboxylic acids is 1. The Balaban J connectivity index is 1.48. The van der Waals surface area contributed by atoms with Gasteiger partial charge in [0.05, 0.1) is 16.8 Å². The second-order valence-electron chi connectivity index (χ2n) is 4.87. The molecule has 3 rings (SSSR count). The van der Waals surface area contributed by atoms with E-state index in [1.165, 1.54) is 11.3 Å². The van der Waals surface area contributed by atoms with E-state index in [9.17, 15) is 4.79 Å². The lowest BCUT2D eigenvalue weighted by atomic mass is 10.2. The third-order valence-corrected chi connectivity index (χ3v) is 4.25. The van der Waals surface area contributed by atoms with Crippen LogP contribution in [0, 0.1) is 11.8 Å². The van der Waals surface area contributed by atoms with E-state index >= 15 is 0 Å². The Morgan fingerprint density at radius 1 is 1.25 bits per heavy atom. The highest BCUT2D eigenvalue weighted by Crippen LogP contribution is 2.26. The number of ether oxygens (including phenoxy) is 1. The number of nitrogens with zero attached hydrogens (tertiary/aromatic N) is 1. The molecule has 0 unspecified atom stereocenters. The Hall–Kier alpha value is -2.55. The maximum Gasteiger partial charge on any atom is 0.408 e. The van der Waals surface area contributed by atoms with Gasteiger partial charge in [-0.2, -0.15) is 0 Å². The number of halogens is 1. The first kappa shape index (κ1) is 16.3. The van der Waals surface area contributed by atoms with E-state index in [1.54, 1.807) is 0 Å². The molecular weight excluding hydrogens is 344 g/mol. The highest BCUT2D eigenvalue weighted by Gasteiger charge is 2.02. The molecule has 0 spiro atoms. The van der Waals surface area contributed by atoms with Crippen molar-refractivity contribution in [1.29, 1.82) is 0 Å². The van der Waals surface area contributed by atoms with Crippen molar-refractivity contribution >= 4 is 39.2 Å². The maximum atomic E-state index is 11.6. The Labute approximate surface area is 148 Å². The molecule has 4 nitrogen and oxygen atoms in total. The van der Waals surface area contributed by atoms with Crippen LogP contribution >= 0.6 is 22.9 Å². The molecule has 0 aliphatic heterocycles. The van der Waals surface area contributed by atoms with Crippen molar-refractivity contribution in [2.75, 3.05) is 6.54 Å². The minimum Gasteiger partial charge on any atom is -0.445 e. The molecule has 0 saturated heterocycles. The van der Waals surface area contributed by atoms with Crippen LogP contribution in [-0.4, -0.2) is 17.6 Å². The molecule has 0 saturated carbocycles. The first-order valence-electron chi connectivity index (χ1n) is 7.20. The number of amides is 1. The van der Waals surface area contributed by atoms with E-state index in [4.69, 9.17) is 16.3 Å². The van der Waals surface area contributed by atoms with Gasteiger partial charge in [0.15, 0.2) is 4.47 Å². The molecule has 1 aromatic heterocycles. The van der Waals surface area contributed by atoms with Gasteiger partial charge in [-0.25, -0.2) is 9.78 Å². The number of fused-ring (bicyclic) bond motifs is 1. The summed E-state index contributed by atoms with van der Waals surface area (Å²) in [5, 5.41) is 2.60. The van der Waals surface area contributed by atoms with Crippen LogP contribution in [0.2, 0.25) is 4.47 Å². The summed E-state index contributed by atoms with van der Waals surface area (Å²) in [7, 11) is 0. The van der Waals surface area contributed by atoms with E-state index in [0.717, 1.165) is 21.3 Å². The normalized spacial score (nSPS) is 10.0. The first-order valence-corrected chi connectivity index (χ1v) is 8.40. The number of nitrogens with one attached hydrogen (secondary N) is 1. The summed E-state index contributed by atoms with van der Waals surface area (Å²) in [6, 6.07) is 15.2. The summed E-state index contributed by atoms with van der Waals surface area (Å²) >= 11 is 7.29. The van der Waals surface area contributed by atoms with Gasteiger partial charge < -0.3 is 10.1 Å². The fourth-order valence-electron chi connectivity index (χ4n) is 2.01. The molecule has 2 aromatic carbocycles. The van der Waals surface area contributed by atoms with Crippen LogP contribution in [0.3, 0.4) is 0 Å². The quantitative estimate of drug-likeness (QED) is 0.714. The number of carbonyl (C=O) groups is 1. The first-order chi connectivity index (χ1) is 11.7. The fraction of sp³-hybridized carbons (Fsp3) is 0.111. The van der Waals surface area contributed by atoms with Crippen molar-refractivity contribution in [2.45, 2.75) is 6.61 Å². The third-order valence-electron chi connectivity index (χ3n) is 3.13. The molecule has 0 aliphatic rings. The maximum absolute atomic E-state index is 11.6. The van der Waals surface area contributed by atoms with Gasteiger partial charge in [0.1, 0.15) is 6.61 Å². The summed E-state index contributed by atoms with van der Waals surface area (Å²) in [6.07, 6.45) is -0.488. The summed E-state index contributed by atoms with van der Waals surface area (Å²) in [4.78, 5) is 15.8. The predicted octanol–water partition coefficient (Wildman–Crippen LogP) is 4.23. The Bertz CT molecular complexity index is 913. The van der Waals surface area contributed by atoms with Gasteiger partial charge >= 0.3 is 6.09 Å². The number of thiazole rings is 1. The SMILES string of the molecule is O=C(NCC#Cc1ccc2nc(Cl)sc2c1)OCc1ccccc1. The zero-order valence-corrected chi connectivity index (χ0v) is 14.2. The molecular formula is C18H13ClN2O2S. The molecule has 3 aromatic rings. The van der Waals surface area contributed by atoms with E-state index in [-0.39, 0.29) is 13.2 Å². The molecule has 0 fully saturated rings. The highest BCUT2D eigenvalue weighted by atomic mass is 35.5. The minimum absolute atomic E-state index is 0.217. The van der Waals surface area contributed by atoms with Crippen LogP contribution < -0.4 is 5.32 Å². The number of aromatic nitrogens is 1. The van der Waals surface area contributed by atoms with Crippen LogP contribution in [0.1, 0.15) is 11.1 Å². The van der Waals surface area contributed by atoms with Crippen molar-refractivity contribution < 1.29 is 9.53 Å². The second-order valence-corrected chi connectivity index (χ2v) is 6.48. The lowest BCUT2D eigenvalue weighted by Gasteiger charge is -2.04. The Kier molecular flexibility index (Phi) is 5.32. The van der Waals surface area contributed by atoms with Crippen molar-refractivity contribution in [3.63, 3.8) is 0 Å². The summed E-state index contributed by atoms with van der Waals surface area (Å²) in [5.74, 6) is 5.88. The van der Waals surface area contributed by atoms with E-state index in [2.05, 4.69) is 22.1 Å². The minimum atomic E-state index is -0.488. The largest absolute Gasteiger partial charge is 0.445 e. The molecule has 0 aliphatic carbocycles. The van der Waals surface area contributed by atoms with E-state index < -0.39 is 6.09 Å². The fourth-order valence-corrected chi connectivity index (χ4v) is 3.08. The zero-order chi connectivity index (χ0) is 16.8. The monoisotopic (exact) mass is 356 g/mol.